The predicted molar refractivity (Wildman–Crippen MR) is 70.8 cm³/mol. The third-order valence-corrected chi connectivity index (χ3v) is 2.53. The monoisotopic (exact) mass is 233 g/mol. The Morgan fingerprint density at radius 3 is 1.88 bits per heavy atom. The highest BCUT2D eigenvalue weighted by Crippen LogP contribution is 2.15. The van der Waals surface area contributed by atoms with Gasteiger partial charge in [0.25, 0.3) is 0 Å². The van der Waals surface area contributed by atoms with Crippen LogP contribution in [0.3, 0.4) is 0 Å². The van der Waals surface area contributed by atoms with Gasteiger partial charge in [0.2, 0.25) is 0 Å². The summed E-state index contributed by atoms with van der Waals surface area (Å²) in [5.41, 5.74) is 8.61. The van der Waals surface area contributed by atoms with Crippen LogP contribution in [-0.4, -0.2) is 0 Å². The van der Waals surface area contributed by atoms with E-state index in [1.54, 1.807) is 0 Å². The van der Waals surface area contributed by atoms with Crippen LogP contribution in [0.5, 0.6) is 0 Å². The van der Waals surface area contributed by atoms with Crippen molar-refractivity contribution >= 4 is 12.4 Å². The van der Waals surface area contributed by atoms with Gasteiger partial charge in [-0.3, -0.25) is 0 Å². The molecule has 0 aromatic heterocycles. The van der Waals surface area contributed by atoms with Gasteiger partial charge in [0.15, 0.2) is 0 Å². The van der Waals surface area contributed by atoms with Crippen LogP contribution in [0.1, 0.15) is 17.2 Å². The SMILES string of the molecule is Cl.N[C@H](Cc1ccccc1)c1ccccc1. The summed E-state index contributed by atoms with van der Waals surface area (Å²) in [6.07, 6.45) is 0.894. The topological polar surface area (TPSA) is 26.0 Å². The molecule has 84 valence electrons. The minimum absolute atomic E-state index is 0. The Morgan fingerprint density at radius 1 is 0.812 bits per heavy atom. The molecule has 2 rings (SSSR count). The molecule has 2 N–H and O–H groups in total. The van der Waals surface area contributed by atoms with Crippen molar-refractivity contribution in [3.63, 3.8) is 0 Å². The summed E-state index contributed by atoms with van der Waals surface area (Å²) >= 11 is 0. The first kappa shape index (κ1) is 12.8. The highest BCUT2D eigenvalue weighted by atomic mass is 35.5. The number of hydrogen-bond acceptors (Lipinski definition) is 1. The molecule has 0 bridgehead atoms. The first-order chi connectivity index (χ1) is 7.36. The van der Waals surface area contributed by atoms with Gasteiger partial charge in [0.1, 0.15) is 0 Å². The summed E-state index contributed by atoms with van der Waals surface area (Å²) in [5.74, 6) is 0. The van der Waals surface area contributed by atoms with Gasteiger partial charge < -0.3 is 5.73 Å². The van der Waals surface area contributed by atoms with Gasteiger partial charge >= 0.3 is 0 Å². The lowest BCUT2D eigenvalue weighted by molar-refractivity contribution is 0.722. The quantitative estimate of drug-likeness (QED) is 0.865. The lowest BCUT2D eigenvalue weighted by atomic mass is 10.00. The zero-order valence-corrected chi connectivity index (χ0v) is 9.86. The van der Waals surface area contributed by atoms with Gasteiger partial charge in [-0.2, -0.15) is 0 Å². The van der Waals surface area contributed by atoms with Gasteiger partial charge in [-0.05, 0) is 17.5 Å². The molecule has 0 saturated carbocycles. The van der Waals surface area contributed by atoms with Crippen molar-refractivity contribution in [2.75, 3.05) is 0 Å². The molecule has 0 spiro atoms. The fourth-order valence-electron chi connectivity index (χ4n) is 1.69. The highest BCUT2D eigenvalue weighted by Gasteiger charge is 2.05. The van der Waals surface area contributed by atoms with Gasteiger partial charge in [0, 0.05) is 6.04 Å². The summed E-state index contributed by atoms with van der Waals surface area (Å²) in [5, 5.41) is 0. The van der Waals surface area contributed by atoms with E-state index in [0.29, 0.717) is 0 Å². The molecule has 1 nitrogen and oxygen atoms in total. The van der Waals surface area contributed by atoms with E-state index in [0.717, 1.165) is 6.42 Å². The minimum Gasteiger partial charge on any atom is -0.324 e. The van der Waals surface area contributed by atoms with Gasteiger partial charge in [0.05, 0.1) is 0 Å². The molecule has 0 aliphatic rings. The zero-order chi connectivity index (χ0) is 10.5. The van der Waals surface area contributed by atoms with E-state index in [9.17, 15) is 0 Å². The lowest BCUT2D eigenvalue weighted by Gasteiger charge is -2.11. The highest BCUT2D eigenvalue weighted by molar-refractivity contribution is 5.85. The van der Waals surface area contributed by atoms with Gasteiger partial charge in [-0.15, -0.1) is 12.4 Å². The van der Waals surface area contributed by atoms with Gasteiger partial charge in [-0.1, -0.05) is 60.7 Å². The van der Waals surface area contributed by atoms with Crippen LogP contribution >= 0.6 is 12.4 Å². The van der Waals surface area contributed by atoms with E-state index in [1.807, 2.05) is 36.4 Å². The van der Waals surface area contributed by atoms with Crippen LogP contribution in [0.15, 0.2) is 60.7 Å². The molecule has 0 unspecified atom stereocenters. The Bertz CT molecular complexity index is 400. The molecule has 2 aromatic rings. The molecule has 0 saturated heterocycles. The standard InChI is InChI=1S/C14H15N.ClH/c15-14(13-9-5-2-6-10-13)11-12-7-3-1-4-8-12;/h1-10,14H,11,15H2;1H/t14-;/m1./s1. The van der Waals surface area contributed by atoms with Crippen LogP contribution in [0, 0.1) is 0 Å². The molecule has 0 heterocycles. The zero-order valence-electron chi connectivity index (χ0n) is 9.04. The first-order valence-corrected chi connectivity index (χ1v) is 5.21. The lowest BCUT2D eigenvalue weighted by Crippen LogP contribution is -2.12. The Kier molecular flexibility index (Phi) is 5.03. The van der Waals surface area contributed by atoms with Gasteiger partial charge in [-0.25, -0.2) is 0 Å². The molecule has 1 atom stereocenters. The molecule has 0 radical (unpaired) electrons. The van der Waals surface area contributed by atoms with E-state index in [1.165, 1.54) is 11.1 Å². The van der Waals surface area contributed by atoms with E-state index in [2.05, 4.69) is 24.3 Å². The van der Waals surface area contributed by atoms with Crippen LogP contribution < -0.4 is 5.73 Å². The van der Waals surface area contributed by atoms with Crippen molar-refractivity contribution in [3.8, 4) is 0 Å². The number of benzene rings is 2. The van der Waals surface area contributed by atoms with Crippen molar-refractivity contribution < 1.29 is 0 Å². The van der Waals surface area contributed by atoms with E-state index < -0.39 is 0 Å². The van der Waals surface area contributed by atoms with Crippen LogP contribution in [0.2, 0.25) is 0 Å². The predicted octanol–water partition coefficient (Wildman–Crippen LogP) is 3.35. The second kappa shape index (κ2) is 6.31. The summed E-state index contributed by atoms with van der Waals surface area (Å²) < 4.78 is 0. The molecule has 2 aromatic carbocycles. The van der Waals surface area contributed by atoms with Crippen molar-refractivity contribution in [2.24, 2.45) is 5.73 Å². The molecule has 16 heavy (non-hydrogen) atoms. The number of nitrogens with two attached hydrogens (primary N) is 1. The van der Waals surface area contributed by atoms with E-state index in [4.69, 9.17) is 5.73 Å². The maximum Gasteiger partial charge on any atom is 0.0335 e. The molecule has 0 aliphatic carbocycles. The molecular weight excluding hydrogens is 218 g/mol. The fourth-order valence-corrected chi connectivity index (χ4v) is 1.69. The maximum atomic E-state index is 6.13. The third kappa shape index (κ3) is 3.37. The second-order valence-corrected chi connectivity index (χ2v) is 3.71. The summed E-state index contributed by atoms with van der Waals surface area (Å²) in [6.45, 7) is 0. The second-order valence-electron chi connectivity index (χ2n) is 3.71. The van der Waals surface area contributed by atoms with Crippen molar-refractivity contribution in [1.82, 2.24) is 0 Å². The maximum absolute atomic E-state index is 6.13. The number of rotatable bonds is 3. The van der Waals surface area contributed by atoms with E-state index >= 15 is 0 Å². The van der Waals surface area contributed by atoms with Crippen molar-refractivity contribution in [3.05, 3.63) is 71.8 Å². The Hall–Kier alpha value is -1.31. The summed E-state index contributed by atoms with van der Waals surface area (Å²) in [6, 6.07) is 20.7. The van der Waals surface area contributed by atoms with E-state index in [-0.39, 0.29) is 18.4 Å². The first-order valence-electron chi connectivity index (χ1n) is 5.21. The molecule has 0 aliphatic heterocycles. The Morgan fingerprint density at radius 2 is 1.31 bits per heavy atom. The fraction of sp³-hybridized carbons (Fsp3) is 0.143. The Labute approximate surface area is 103 Å². The summed E-state index contributed by atoms with van der Waals surface area (Å²) in [4.78, 5) is 0. The third-order valence-electron chi connectivity index (χ3n) is 2.53. The van der Waals surface area contributed by atoms with Crippen molar-refractivity contribution in [1.29, 1.82) is 0 Å². The van der Waals surface area contributed by atoms with Crippen LogP contribution in [0.25, 0.3) is 0 Å². The van der Waals surface area contributed by atoms with Crippen LogP contribution in [-0.2, 0) is 6.42 Å². The largest absolute Gasteiger partial charge is 0.324 e. The summed E-state index contributed by atoms with van der Waals surface area (Å²) in [7, 11) is 0. The normalized spacial score (nSPS) is 11.6. The molecule has 0 fully saturated rings. The molecular formula is C14H16ClN. The Balaban J connectivity index is 0.00000128. The average molecular weight is 234 g/mol. The average Bonchev–Trinajstić information content (AvgIpc) is 2.31. The number of halogens is 1. The minimum atomic E-state index is 0. The number of hydrogen-bond donors (Lipinski definition) is 1. The van der Waals surface area contributed by atoms with Crippen molar-refractivity contribution in [2.45, 2.75) is 12.5 Å². The molecule has 2 heteroatoms. The molecule has 0 amide bonds. The smallest absolute Gasteiger partial charge is 0.0335 e. The van der Waals surface area contributed by atoms with Crippen LogP contribution in [0.4, 0.5) is 0 Å².